The van der Waals surface area contributed by atoms with Crippen LogP contribution in [0.4, 0.5) is 5.69 Å². The lowest BCUT2D eigenvalue weighted by Crippen LogP contribution is -2.21. The molecule has 2 aromatic carbocycles. The number of rotatable bonds is 5. The summed E-state index contributed by atoms with van der Waals surface area (Å²) in [6.45, 7) is 4.89. The second-order valence-corrected chi connectivity index (χ2v) is 4.10. The van der Waals surface area contributed by atoms with Crippen LogP contribution in [0.2, 0.25) is 0 Å². The highest BCUT2D eigenvalue weighted by molar-refractivity contribution is 5.97. The highest BCUT2D eigenvalue weighted by Crippen LogP contribution is 2.25. The molecule has 0 atom stereocenters. The van der Waals surface area contributed by atoms with Crippen LogP contribution in [0.5, 0.6) is 0 Å². The van der Waals surface area contributed by atoms with Crippen molar-refractivity contribution in [2.45, 2.75) is 6.92 Å². The van der Waals surface area contributed by atoms with Crippen LogP contribution in [0.15, 0.2) is 36.4 Å². The van der Waals surface area contributed by atoms with Gasteiger partial charge in [0.1, 0.15) is 0 Å². The number of nitrogens with zero attached hydrogens (tertiary/aromatic N) is 1. The van der Waals surface area contributed by atoms with Crippen molar-refractivity contribution in [2.75, 3.05) is 25.0 Å². The summed E-state index contributed by atoms with van der Waals surface area (Å²) in [4.78, 5) is 0. The van der Waals surface area contributed by atoms with Crippen LogP contribution in [0.25, 0.3) is 10.8 Å². The van der Waals surface area contributed by atoms with Crippen LogP contribution in [0, 0.1) is 11.3 Å². The zero-order valence-corrected chi connectivity index (χ0v) is 10.5. The van der Waals surface area contributed by atoms with E-state index in [1.54, 1.807) is 0 Å². The van der Waals surface area contributed by atoms with Gasteiger partial charge in [0.2, 0.25) is 0 Å². The first-order valence-electron chi connectivity index (χ1n) is 6.23. The molecule has 92 valence electrons. The van der Waals surface area contributed by atoms with Gasteiger partial charge in [-0.05, 0) is 18.7 Å². The molecule has 2 aromatic rings. The van der Waals surface area contributed by atoms with Gasteiger partial charge < -0.3 is 10.6 Å². The van der Waals surface area contributed by atoms with Crippen LogP contribution < -0.4 is 10.6 Å². The van der Waals surface area contributed by atoms with E-state index in [2.05, 4.69) is 23.6 Å². The van der Waals surface area contributed by atoms with Crippen molar-refractivity contribution in [1.82, 2.24) is 5.32 Å². The number of hydrogen-bond donors (Lipinski definition) is 2. The fraction of sp³-hybridized carbons (Fsp3) is 0.267. The topological polar surface area (TPSA) is 47.8 Å². The maximum absolute atomic E-state index is 9.09. The molecular weight excluding hydrogens is 222 g/mol. The van der Waals surface area contributed by atoms with E-state index < -0.39 is 0 Å². The molecule has 0 spiro atoms. The summed E-state index contributed by atoms with van der Waals surface area (Å²) in [7, 11) is 0. The Morgan fingerprint density at radius 1 is 1.06 bits per heavy atom. The molecule has 0 fully saturated rings. The van der Waals surface area contributed by atoms with Gasteiger partial charge in [-0.1, -0.05) is 31.2 Å². The molecule has 0 unspecified atom stereocenters. The van der Waals surface area contributed by atoms with Crippen LogP contribution >= 0.6 is 0 Å². The fourth-order valence-corrected chi connectivity index (χ4v) is 2.01. The van der Waals surface area contributed by atoms with E-state index >= 15 is 0 Å². The number of likely N-dealkylation sites (N-methyl/N-ethyl adjacent to an activating group) is 1. The molecule has 0 saturated heterocycles. The molecule has 0 aliphatic carbocycles. The molecule has 3 nitrogen and oxygen atoms in total. The van der Waals surface area contributed by atoms with E-state index in [-0.39, 0.29) is 0 Å². The minimum atomic E-state index is 0.725. The number of anilines is 1. The minimum Gasteiger partial charge on any atom is -0.383 e. The van der Waals surface area contributed by atoms with Crippen LogP contribution in [-0.4, -0.2) is 19.6 Å². The van der Waals surface area contributed by atoms with Crippen molar-refractivity contribution in [2.24, 2.45) is 0 Å². The molecule has 0 aliphatic rings. The molecule has 2 N–H and O–H groups in total. The third-order valence-electron chi connectivity index (χ3n) is 2.91. The Morgan fingerprint density at radius 3 is 2.56 bits per heavy atom. The zero-order chi connectivity index (χ0) is 12.8. The van der Waals surface area contributed by atoms with E-state index in [4.69, 9.17) is 5.26 Å². The smallest absolute Gasteiger partial charge is 0.0998 e. The van der Waals surface area contributed by atoms with Crippen molar-refractivity contribution in [3.63, 3.8) is 0 Å². The second kappa shape index (κ2) is 6.04. The predicted molar refractivity (Wildman–Crippen MR) is 75.7 cm³/mol. The van der Waals surface area contributed by atoms with Gasteiger partial charge in [0.05, 0.1) is 11.6 Å². The Balaban J connectivity index is 2.27. The van der Waals surface area contributed by atoms with Gasteiger partial charge in [0, 0.05) is 29.5 Å². The Kier molecular flexibility index (Phi) is 4.16. The Labute approximate surface area is 107 Å². The first-order chi connectivity index (χ1) is 8.86. The fourth-order valence-electron chi connectivity index (χ4n) is 2.01. The first-order valence-corrected chi connectivity index (χ1v) is 6.23. The second-order valence-electron chi connectivity index (χ2n) is 4.10. The Bertz CT molecular complexity index is 569. The molecule has 18 heavy (non-hydrogen) atoms. The summed E-state index contributed by atoms with van der Waals surface area (Å²) in [5.41, 5.74) is 1.81. The highest BCUT2D eigenvalue weighted by atomic mass is 14.9. The van der Waals surface area contributed by atoms with Gasteiger partial charge in [-0.2, -0.15) is 5.26 Å². The van der Waals surface area contributed by atoms with Crippen molar-refractivity contribution >= 4 is 16.5 Å². The van der Waals surface area contributed by atoms with E-state index in [1.807, 2.05) is 36.4 Å². The molecule has 2 rings (SSSR count). The number of fused-ring (bicyclic) bond motifs is 1. The molecule has 0 bridgehead atoms. The molecule has 0 heterocycles. The summed E-state index contributed by atoms with van der Waals surface area (Å²) >= 11 is 0. The molecule has 0 aliphatic heterocycles. The van der Waals surface area contributed by atoms with Crippen molar-refractivity contribution < 1.29 is 0 Å². The third kappa shape index (κ3) is 2.61. The lowest BCUT2D eigenvalue weighted by Gasteiger charge is -2.10. The van der Waals surface area contributed by atoms with Crippen LogP contribution in [0.3, 0.4) is 0 Å². The van der Waals surface area contributed by atoms with E-state index in [0.29, 0.717) is 0 Å². The Morgan fingerprint density at radius 2 is 1.83 bits per heavy atom. The summed E-state index contributed by atoms with van der Waals surface area (Å²) in [5, 5.41) is 17.9. The molecule has 0 aromatic heterocycles. The number of nitriles is 1. The van der Waals surface area contributed by atoms with Gasteiger partial charge in [-0.25, -0.2) is 0 Å². The first kappa shape index (κ1) is 12.4. The van der Waals surface area contributed by atoms with Crippen LogP contribution in [-0.2, 0) is 0 Å². The maximum Gasteiger partial charge on any atom is 0.0998 e. The van der Waals surface area contributed by atoms with Gasteiger partial charge in [-0.3, -0.25) is 0 Å². The average molecular weight is 239 g/mol. The molecule has 0 radical (unpaired) electrons. The SMILES string of the molecule is CCNCCNc1ccc(C#N)c2ccccc12. The lowest BCUT2D eigenvalue weighted by atomic mass is 10.0. The summed E-state index contributed by atoms with van der Waals surface area (Å²) in [5.74, 6) is 0. The molecular formula is C15H17N3. The standard InChI is InChI=1S/C15H17N3/c1-2-17-9-10-18-15-8-7-12(11-16)13-5-3-4-6-14(13)15/h3-8,17-18H,2,9-10H2,1H3. The predicted octanol–water partition coefficient (Wildman–Crippen LogP) is 2.73. The number of hydrogen-bond acceptors (Lipinski definition) is 3. The normalized spacial score (nSPS) is 10.2. The van der Waals surface area contributed by atoms with Gasteiger partial charge >= 0.3 is 0 Å². The highest BCUT2D eigenvalue weighted by Gasteiger charge is 2.04. The van der Waals surface area contributed by atoms with Crippen molar-refractivity contribution in [3.8, 4) is 6.07 Å². The van der Waals surface area contributed by atoms with Gasteiger partial charge in [0.15, 0.2) is 0 Å². The van der Waals surface area contributed by atoms with Crippen LogP contribution in [0.1, 0.15) is 12.5 Å². The average Bonchev–Trinajstić information content (AvgIpc) is 2.43. The van der Waals surface area contributed by atoms with E-state index in [0.717, 1.165) is 41.7 Å². The Hall–Kier alpha value is -2.05. The number of nitrogens with one attached hydrogen (secondary N) is 2. The van der Waals surface area contributed by atoms with E-state index in [9.17, 15) is 0 Å². The maximum atomic E-state index is 9.09. The van der Waals surface area contributed by atoms with E-state index in [1.165, 1.54) is 0 Å². The monoisotopic (exact) mass is 239 g/mol. The van der Waals surface area contributed by atoms with Gasteiger partial charge in [0.25, 0.3) is 0 Å². The summed E-state index contributed by atoms with van der Waals surface area (Å²) < 4.78 is 0. The molecule has 0 amide bonds. The minimum absolute atomic E-state index is 0.725. The third-order valence-corrected chi connectivity index (χ3v) is 2.91. The molecule has 0 saturated carbocycles. The quantitative estimate of drug-likeness (QED) is 0.789. The van der Waals surface area contributed by atoms with Gasteiger partial charge in [-0.15, -0.1) is 0 Å². The zero-order valence-electron chi connectivity index (χ0n) is 10.5. The summed E-state index contributed by atoms with van der Waals surface area (Å²) in [6.07, 6.45) is 0. The number of benzene rings is 2. The summed E-state index contributed by atoms with van der Waals surface area (Å²) in [6, 6.07) is 14.1. The largest absolute Gasteiger partial charge is 0.383 e. The lowest BCUT2D eigenvalue weighted by molar-refractivity contribution is 0.739. The van der Waals surface area contributed by atoms with Crippen molar-refractivity contribution in [1.29, 1.82) is 5.26 Å². The molecule has 3 heteroatoms. The van der Waals surface area contributed by atoms with Crippen molar-refractivity contribution in [3.05, 3.63) is 42.0 Å².